The molecule has 0 amide bonds. The molecule has 16 heavy (non-hydrogen) atoms. The van der Waals surface area contributed by atoms with E-state index in [-0.39, 0.29) is 0 Å². The SMILES string of the molecule is CC(C)NC1CCN(C2(C)CCCCC2)C1. The lowest BCUT2D eigenvalue weighted by Crippen LogP contribution is -2.48. The third-order valence-corrected chi connectivity index (χ3v) is 4.45. The summed E-state index contributed by atoms with van der Waals surface area (Å²) in [6, 6.07) is 1.36. The standard InChI is InChI=1S/C14H28N2/c1-12(2)15-13-7-10-16(11-13)14(3)8-5-4-6-9-14/h12-13,15H,4-11H2,1-3H3. The highest BCUT2D eigenvalue weighted by molar-refractivity contribution is 4.95. The monoisotopic (exact) mass is 224 g/mol. The highest BCUT2D eigenvalue weighted by Crippen LogP contribution is 2.35. The molecule has 1 N–H and O–H groups in total. The molecule has 2 fully saturated rings. The van der Waals surface area contributed by atoms with Gasteiger partial charge in [0.05, 0.1) is 0 Å². The molecule has 1 aliphatic heterocycles. The smallest absolute Gasteiger partial charge is 0.0209 e. The Hall–Kier alpha value is -0.0800. The summed E-state index contributed by atoms with van der Waals surface area (Å²) in [6.07, 6.45) is 8.51. The van der Waals surface area contributed by atoms with Gasteiger partial charge in [-0.25, -0.2) is 0 Å². The molecular formula is C14H28N2. The largest absolute Gasteiger partial charge is 0.310 e. The molecule has 2 heteroatoms. The number of nitrogens with one attached hydrogen (secondary N) is 1. The average Bonchev–Trinajstić information content (AvgIpc) is 2.67. The first-order chi connectivity index (χ1) is 7.60. The van der Waals surface area contributed by atoms with Gasteiger partial charge in [0.1, 0.15) is 0 Å². The summed E-state index contributed by atoms with van der Waals surface area (Å²) in [6.45, 7) is 9.58. The zero-order valence-electron chi connectivity index (χ0n) is 11.3. The van der Waals surface area contributed by atoms with Crippen LogP contribution in [0, 0.1) is 0 Å². The summed E-state index contributed by atoms with van der Waals surface area (Å²) in [5.74, 6) is 0. The fourth-order valence-corrected chi connectivity index (χ4v) is 3.49. The maximum Gasteiger partial charge on any atom is 0.0209 e. The molecule has 94 valence electrons. The molecule has 0 spiro atoms. The summed E-state index contributed by atoms with van der Waals surface area (Å²) in [5, 5.41) is 3.69. The van der Waals surface area contributed by atoms with E-state index in [0.717, 1.165) is 6.04 Å². The van der Waals surface area contributed by atoms with Gasteiger partial charge in [-0.3, -0.25) is 4.90 Å². The lowest BCUT2D eigenvalue weighted by molar-refractivity contribution is 0.0883. The molecule has 2 aliphatic rings. The Morgan fingerprint density at radius 1 is 1.19 bits per heavy atom. The summed E-state index contributed by atoms with van der Waals surface area (Å²) < 4.78 is 0. The summed E-state index contributed by atoms with van der Waals surface area (Å²) >= 11 is 0. The lowest BCUT2D eigenvalue weighted by atomic mass is 9.82. The van der Waals surface area contributed by atoms with Gasteiger partial charge in [-0.05, 0) is 26.2 Å². The van der Waals surface area contributed by atoms with Crippen LogP contribution in [-0.4, -0.2) is 35.6 Å². The van der Waals surface area contributed by atoms with Gasteiger partial charge in [-0.2, -0.15) is 0 Å². The van der Waals surface area contributed by atoms with E-state index < -0.39 is 0 Å². The summed E-state index contributed by atoms with van der Waals surface area (Å²) in [4.78, 5) is 2.76. The number of likely N-dealkylation sites (tertiary alicyclic amines) is 1. The Labute approximate surface area is 101 Å². The molecule has 2 nitrogen and oxygen atoms in total. The molecule has 1 aliphatic carbocycles. The van der Waals surface area contributed by atoms with Gasteiger partial charge in [-0.15, -0.1) is 0 Å². The van der Waals surface area contributed by atoms with E-state index in [2.05, 4.69) is 31.0 Å². The van der Waals surface area contributed by atoms with Crippen LogP contribution in [0.15, 0.2) is 0 Å². The first-order valence-corrected chi connectivity index (χ1v) is 7.11. The molecule has 0 aromatic rings. The maximum absolute atomic E-state index is 3.69. The third kappa shape index (κ3) is 2.78. The first-order valence-electron chi connectivity index (χ1n) is 7.11. The van der Waals surface area contributed by atoms with Crippen molar-refractivity contribution in [3.8, 4) is 0 Å². The van der Waals surface area contributed by atoms with E-state index in [0.29, 0.717) is 11.6 Å². The van der Waals surface area contributed by atoms with Crippen LogP contribution < -0.4 is 5.32 Å². The highest BCUT2D eigenvalue weighted by Gasteiger charge is 2.37. The Bertz CT molecular complexity index is 219. The van der Waals surface area contributed by atoms with Crippen LogP contribution in [0.3, 0.4) is 0 Å². The first kappa shape index (κ1) is 12.4. The fraction of sp³-hybridized carbons (Fsp3) is 1.00. The van der Waals surface area contributed by atoms with Gasteiger partial charge in [0.15, 0.2) is 0 Å². The Morgan fingerprint density at radius 2 is 1.88 bits per heavy atom. The van der Waals surface area contributed by atoms with Crippen LogP contribution in [0.5, 0.6) is 0 Å². The normalized spacial score (nSPS) is 31.1. The maximum atomic E-state index is 3.69. The van der Waals surface area contributed by atoms with E-state index in [9.17, 15) is 0 Å². The van der Waals surface area contributed by atoms with Crippen molar-refractivity contribution in [3.05, 3.63) is 0 Å². The Kier molecular flexibility index (Phi) is 3.91. The molecule has 0 aromatic carbocycles. The second kappa shape index (κ2) is 5.05. The third-order valence-electron chi connectivity index (χ3n) is 4.45. The van der Waals surface area contributed by atoms with Crippen LogP contribution in [0.25, 0.3) is 0 Å². The van der Waals surface area contributed by atoms with Crippen LogP contribution in [0.4, 0.5) is 0 Å². The van der Waals surface area contributed by atoms with Crippen molar-refractivity contribution in [2.45, 2.75) is 76.9 Å². The van der Waals surface area contributed by atoms with Crippen LogP contribution in [-0.2, 0) is 0 Å². The summed E-state index contributed by atoms with van der Waals surface area (Å²) in [7, 11) is 0. The second-order valence-corrected chi connectivity index (χ2v) is 6.31. The zero-order valence-corrected chi connectivity index (χ0v) is 11.3. The van der Waals surface area contributed by atoms with Crippen LogP contribution >= 0.6 is 0 Å². The number of hydrogen-bond acceptors (Lipinski definition) is 2. The average molecular weight is 224 g/mol. The molecule has 2 rings (SSSR count). The predicted octanol–water partition coefficient (Wildman–Crippen LogP) is 2.78. The van der Waals surface area contributed by atoms with Crippen LogP contribution in [0.1, 0.15) is 59.3 Å². The number of nitrogens with zero attached hydrogens (tertiary/aromatic N) is 1. The number of hydrogen-bond donors (Lipinski definition) is 1. The lowest BCUT2D eigenvalue weighted by Gasteiger charge is -2.42. The van der Waals surface area contributed by atoms with E-state index in [4.69, 9.17) is 0 Å². The van der Waals surface area contributed by atoms with Gasteiger partial charge in [-0.1, -0.05) is 33.1 Å². The van der Waals surface area contributed by atoms with Crippen molar-refractivity contribution in [2.75, 3.05) is 13.1 Å². The highest BCUT2D eigenvalue weighted by atomic mass is 15.2. The van der Waals surface area contributed by atoms with E-state index in [1.165, 1.54) is 51.6 Å². The van der Waals surface area contributed by atoms with Crippen molar-refractivity contribution < 1.29 is 0 Å². The van der Waals surface area contributed by atoms with Gasteiger partial charge in [0.25, 0.3) is 0 Å². The summed E-state index contributed by atoms with van der Waals surface area (Å²) in [5.41, 5.74) is 0.520. The Morgan fingerprint density at radius 3 is 2.50 bits per heavy atom. The molecule has 0 aromatic heterocycles. The molecule has 0 bridgehead atoms. The fourth-order valence-electron chi connectivity index (χ4n) is 3.49. The van der Waals surface area contributed by atoms with Crippen molar-refractivity contribution in [2.24, 2.45) is 0 Å². The molecule has 1 unspecified atom stereocenters. The second-order valence-electron chi connectivity index (χ2n) is 6.31. The van der Waals surface area contributed by atoms with Crippen molar-refractivity contribution in [1.82, 2.24) is 10.2 Å². The minimum atomic E-state index is 0.520. The van der Waals surface area contributed by atoms with Gasteiger partial charge in [0.2, 0.25) is 0 Å². The van der Waals surface area contributed by atoms with Crippen molar-refractivity contribution in [1.29, 1.82) is 0 Å². The van der Waals surface area contributed by atoms with E-state index >= 15 is 0 Å². The topological polar surface area (TPSA) is 15.3 Å². The minimum Gasteiger partial charge on any atom is -0.310 e. The quantitative estimate of drug-likeness (QED) is 0.793. The minimum absolute atomic E-state index is 0.520. The van der Waals surface area contributed by atoms with Crippen LogP contribution in [0.2, 0.25) is 0 Å². The van der Waals surface area contributed by atoms with E-state index in [1.807, 2.05) is 0 Å². The van der Waals surface area contributed by atoms with E-state index in [1.54, 1.807) is 0 Å². The van der Waals surface area contributed by atoms with Crippen molar-refractivity contribution >= 4 is 0 Å². The van der Waals surface area contributed by atoms with Gasteiger partial charge in [0, 0.05) is 30.7 Å². The molecule has 0 radical (unpaired) electrons. The molecular weight excluding hydrogens is 196 g/mol. The molecule has 1 saturated carbocycles. The molecule has 1 heterocycles. The van der Waals surface area contributed by atoms with Gasteiger partial charge >= 0.3 is 0 Å². The van der Waals surface area contributed by atoms with Crippen molar-refractivity contribution in [3.63, 3.8) is 0 Å². The van der Waals surface area contributed by atoms with Gasteiger partial charge < -0.3 is 5.32 Å². The predicted molar refractivity (Wildman–Crippen MR) is 69.7 cm³/mol. The molecule has 1 saturated heterocycles. The number of rotatable bonds is 3. The Balaban J connectivity index is 1.87. The zero-order chi connectivity index (χ0) is 11.6. The molecule has 1 atom stereocenters.